The SMILES string of the molecule is COc1c(-c2cc3cnccc3cc2F)ccc2c1C(C)(C)CCC2(C)C. The summed E-state index contributed by atoms with van der Waals surface area (Å²) < 4.78 is 20.9. The van der Waals surface area contributed by atoms with Gasteiger partial charge in [0.15, 0.2) is 0 Å². The Labute approximate surface area is 160 Å². The Morgan fingerprint density at radius 3 is 2.41 bits per heavy atom. The third-order valence-corrected chi connectivity index (χ3v) is 6.16. The number of aromatic nitrogens is 1. The fourth-order valence-corrected chi connectivity index (χ4v) is 4.44. The topological polar surface area (TPSA) is 22.1 Å². The Morgan fingerprint density at radius 1 is 0.926 bits per heavy atom. The molecule has 0 N–H and O–H groups in total. The normalized spacial score (nSPS) is 17.6. The first-order valence-corrected chi connectivity index (χ1v) is 9.50. The molecule has 0 saturated carbocycles. The number of rotatable bonds is 2. The maximum Gasteiger partial charge on any atom is 0.131 e. The number of halogens is 1. The second-order valence-corrected chi connectivity index (χ2v) is 8.89. The van der Waals surface area contributed by atoms with Gasteiger partial charge in [0.05, 0.1) is 7.11 Å². The molecule has 1 aliphatic rings. The van der Waals surface area contributed by atoms with Gasteiger partial charge in [-0.25, -0.2) is 4.39 Å². The number of pyridine rings is 1. The molecule has 0 bridgehead atoms. The van der Waals surface area contributed by atoms with Crippen LogP contribution in [0, 0.1) is 5.82 Å². The highest BCUT2D eigenvalue weighted by molar-refractivity contribution is 5.88. The van der Waals surface area contributed by atoms with E-state index in [1.165, 1.54) is 11.1 Å². The van der Waals surface area contributed by atoms with Crippen LogP contribution in [0.1, 0.15) is 51.7 Å². The smallest absolute Gasteiger partial charge is 0.131 e. The summed E-state index contributed by atoms with van der Waals surface area (Å²) in [7, 11) is 1.69. The van der Waals surface area contributed by atoms with Gasteiger partial charge in [-0.3, -0.25) is 4.98 Å². The first kappa shape index (κ1) is 18.0. The van der Waals surface area contributed by atoms with Gasteiger partial charge >= 0.3 is 0 Å². The molecule has 0 saturated heterocycles. The lowest BCUT2D eigenvalue weighted by atomic mass is 9.62. The molecule has 0 aliphatic heterocycles. The van der Waals surface area contributed by atoms with E-state index in [0.717, 1.165) is 34.9 Å². The number of ether oxygens (including phenoxy) is 1. The highest BCUT2D eigenvalue weighted by atomic mass is 19.1. The number of methoxy groups -OCH3 is 1. The zero-order valence-electron chi connectivity index (χ0n) is 16.7. The van der Waals surface area contributed by atoms with Crippen LogP contribution in [0.3, 0.4) is 0 Å². The van der Waals surface area contributed by atoms with Crippen LogP contribution in [0.5, 0.6) is 5.75 Å². The van der Waals surface area contributed by atoms with Crippen molar-refractivity contribution in [1.29, 1.82) is 0 Å². The van der Waals surface area contributed by atoms with E-state index in [1.807, 2.05) is 18.2 Å². The average molecular weight is 363 g/mol. The van der Waals surface area contributed by atoms with Crippen LogP contribution in [0.4, 0.5) is 4.39 Å². The fraction of sp³-hybridized carbons (Fsp3) is 0.375. The van der Waals surface area contributed by atoms with Gasteiger partial charge in [-0.1, -0.05) is 39.8 Å². The molecule has 3 heteroatoms. The molecule has 1 aliphatic carbocycles. The van der Waals surface area contributed by atoms with Crippen molar-refractivity contribution in [3.8, 4) is 16.9 Å². The summed E-state index contributed by atoms with van der Waals surface area (Å²) in [6, 6.07) is 9.48. The van der Waals surface area contributed by atoms with E-state index in [9.17, 15) is 0 Å². The molecule has 27 heavy (non-hydrogen) atoms. The largest absolute Gasteiger partial charge is 0.496 e. The molecule has 0 radical (unpaired) electrons. The highest BCUT2D eigenvalue weighted by Gasteiger charge is 2.40. The predicted octanol–water partition coefficient (Wildman–Crippen LogP) is 6.40. The van der Waals surface area contributed by atoms with E-state index in [0.29, 0.717) is 5.56 Å². The second kappa shape index (κ2) is 6.05. The Hall–Kier alpha value is -2.42. The summed E-state index contributed by atoms with van der Waals surface area (Å²) in [5.41, 5.74) is 3.97. The third-order valence-electron chi connectivity index (χ3n) is 6.16. The van der Waals surface area contributed by atoms with Crippen molar-refractivity contribution in [2.75, 3.05) is 7.11 Å². The van der Waals surface area contributed by atoms with Gasteiger partial charge in [0, 0.05) is 34.5 Å². The van der Waals surface area contributed by atoms with Crippen LogP contribution < -0.4 is 4.74 Å². The lowest BCUT2D eigenvalue weighted by Gasteiger charge is -2.43. The standard InChI is InChI=1S/C24H26FNO/c1-23(2)9-10-24(3,4)21-19(23)7-6-17(22(21)27-5)18-12-16-14-26-11-8-15(16)13-20(18)25/h6-8,11-14H,9-10H2,1-5H3. The fourth-order valence-electron chi connectivity index (χ4n) is 4.44. The zero-order valence-corrected chi connectivity index (χ0v) is 16.7. The van der Waals surface area contributed by atoms with Crippen LogP contribution in [0.25, 0.3) is 21.9 Å². The van der Waals surface area contributed by atoms with Crippen molar-refractivity contribution >= 4 is 10.8 Å². The highest BCUT2D eigenvalue weighted by Crippen LogP contribution is 2.52. The lowest BCUT2D eigenvalue weighted by Crippen LogP contribution is -2.34. The molecule has 1 aromatic heterocycles. The summed E-state index contributed by atoms with van der Waals surface area (Å²) in [6.45, 7) is 9.08. The van der Waals surface area contributed by atoms with Crippen molar-refractivity contribution in [3.63, 3.8) is 0 Å². The van der Waals surface area contributed by atoms with Crippen molar-refractivity contribution < 1.29 is 9.13 Å². The first-order valence-electron chi connectivity index (χ1n) is 9.50. The minimum absolute atomic E-state index is 0.0128. The van der Waals surface area contributed by atoms with Gasteiger partial charge in [-0.05, 0) is 52.8 Å². The molecule has 140 valence electrons. The number of hydrogen-bond acceptors (Lipinski definition) is 2. The molecule has 0 spiro atoms. The Kier molecular flexibility index (Phi) is 4.03. The summed E-state index contributed by atoms with van der Waals surface area (Å²) in [5, 5.41) is 1.78. The monoisotopic (exact) mass is 363 g/mol. The van der Waals surface area contributed by atoms with Gasteiger partial charge in [0.1, 0.15) is 11.6 Å². The molecule has 2 nitrogen and oxygen atoms in total. The molecule has 2 aromatic carbocycles. The molecular weight excluding hydrogens is 337 g/mol. The van der Waals surface area contributed by atoms with Gasteiger partial charge in [0.2, 0.25) is 0 Å². The third kappa shape index (κ3) is 2.80. The predicted molar refractivity (Wildman–Crippen MR) is 109 cm³/mol. The van der Waals surface area contributed by atoms with E-state index in [4.69, 9.17) is 4.74 Å². The minimum atomic E-state index is -0.236. The molecule has 3 aromatic rings. The second-order valence-electron chi connectivity index (χ2n) is 8.89. The van der Waals surface area contributed by atoms with Crippen molar-refractivity contribution in [1.82, 2.24) is 4.98 Å². The van der Waals surface area contributed by atoms with E-state index in [2.05, 4.69) is 38.7 Å². The Morgan fingerprint density at radius 2 is 1.67 bits per heavy atom. The summed E-state index contributed by atoms with van der Waals surface area (Å²) in [5.74, 6) is 0.562. The van der Waals surface area contributed by atoms with Gasteiger partial charge in [-0.2, -0.15) is 0 Å². The van der Waals surface area contributed by atoms with Crippen molar-refractivity contribution in [2.24, 2.45) is 0 Å². The molecular formula is C24H26FNO. The molecule has 0 fully saturated rings. The van der Waals surface area contributed by atoms with Gasteiger partial charge < -0.3 is 4.74 Å². The van der Waals surface area contributed by atoms with Gasteiger partial charge in [-0.15, -0.1) is 0 Å². The molecule has 1 heterocycles. The number of hydrogen-bond donors (Lipinski definition) is 0. The quantitative estimate of drug-likeness (QED) is 0.526. The number of fused-ring (bicyclic) bond motifs is 2. The van der Waals surface area contributed by atoms with Crippen molar-refractivity contribution in [2.45, 2.75) is 51.4 Å². The van der Waals surface area contributed by atoms with Crippen LogP contribution in [-0.2, 0) is 10.8 Å². The summed E-state index contributed by atoms with van der Waals surface area (Å²) in [4.78, 5) is 4.18. The maximum atomic E-state index is 15.0. The minimum Gasteiger partial charge on any atom is -0.496 e. The van der Waals surface area contributed by atoms with E-state index < -0.39 is 0 Å². The Balaban J connectivity index is 2.02. The molecule has 0 atom stereocenters. The molecule has 0 unspecified atom stereocenters. The molecule has 4 rings (SSSR count). The first-order chi connectivity index (χ1) is 12.7. The van der Waals surface area contributed by atoms with Crippen LogP contribution in [0.15, 0.2) is 42.7 Å². The van der Waals surface area contributed by atoms with E-state index >= 15 is 4.39 Å². The number of benzene rings is 2. The van der Waals surface area contributed by atoms with Crippen LogP contribution >= 0.6 is 0 Å². The summed E-state index contributed by atoms with van der Waals surface area (Å²) in [6.07, 6.45) is 5.67. The van der Waals surface area contributed by atoms with Crippen LogP contribution in [0.2, 0.25) is 0 Å². The average Bonchev–Trinajstić information content (AvgIpc) is 2.64. The van der Waals surface area contributed by atoms with E-state index in [-0.39, 0.29) is 16.6 Å². The summed E-state index contributed by atoms with van der Waals surface area (Å²) >= 11 is 0. The number of nitrogens with zero attached hydrogens (tertiary/aromatic N) is 1. The van der Waals surface area contributed by atoms with Crippen LogP contribution in [-0.4, -0.2) is 12.1 Å². The van der Waals surface area contributed by atoms with E-state index in [1.54, 1.807) is 25.6 Å². The maximum absolute atomic E-state index is 15.0. The molecule has 0 amide bonds. The zero-order chi connectivity index (χ0) is 19.4. The van der Waals surface area contributed by atoms with Gasteiger partial charge in [0.25, 0.3) is 0 Å². The van der Waals surface area contributed by atoms with Crippen molar-refractivity contribution in [3.05, 3.63) is 59.7 Å². The lowest BCUT2D eigenvalue weighted by molar-refractivity contribution is 0.313. The Bertz CT molecular complexity index is 1040.